The minimum Gasteiger partial charge on any atom is -0.463 e. The number of ether oxygens (including phenoxy) is 1. The summed E-state index contributed by atoms with van der Waals surface area (Å²) in [6.07, 6.45) is 7.76. The number of imidazole rings is 1. The molecule has 4 N–H and O–H groups in total. The highest BCUT2D eigenvalue weighted by molar-refractivity contribution is 5.82. The van der Waals surface area contributed by atoms with Crippen LogP contribution in [0.2, 0.25) is 0 Å². The fraction of sp³-hybridized carbons (Fsp3) is 0.560. The number of anilines is 1. The van der Waals surface area contributed by atoms with Crippen molar-refractivity contribution in [3.8, 4) is 6.01 Å². The smallest absolute Gasteiger partial charge is 0.328 e. The fourth-order valence-electron chi connectivity index (χ4n) is 5.87. The molecule has 0 aliphatic carbocycles. The number of aryl methyl sites for hydroxylation is 1. The highest BCUT2D eigenvalue weighted by Crippen LogP contribution is 2.29. The molecule has 3 aliphatic heterocycles. The highest BCUT2D eigenvalue weighted by atomic mass is 16.5. The average molecular weight is 464 g/mol. The van der Waals surface area contributed by atoms with Crippen LogP contribution < -0.4 is 21.5 Å². The number of nitrogens with two attached hydrogens (primary N) is 1. The van der Waals surface area contributed by atoms with Gasteiger partial charge < -0.3 is 20.8 Å². The number of nitrogen functional groups attached to an aromatic ring is 1. The number of aromatic amines is 1. The van der Waals surface area contributed by atoms with E-state index in [0.29, 0.717) is 30.4 Å². The van der Waals surface area contributed by atoms with E-state index < -0.39 is 0 Å². The standard InChI is InChI=1S/C25H33N7O2/c26-22-21-23-30-24(29-22)34-11-3-1-2-4-17-12-16(14-32(23)25(33)28-21)13-18-15-31(10-7-20(17)18)19-5-8-27-9-6-19/h12-13,19,27H,1-11,14-15H2,(H,28,33)(H2,26,29,30). The van der Waals surface area contributed by atoms with Gasteiger partial charge in [-0.2, -0.15) is 9.97 Å². The van der Waals surface area contributed by atoms with E-state index in [4.69, 9.17) is 10.5 Å². The Morgan fingerprint density at radius 2 is 1.88 bits per heavy atom. The Morgan fingerprint density at radius 1 is 1.03 bits per heavy atom. The Kier molecular flexibility index (Phi) is 5.74. The Morgan fingerprint density at radius 3 is 2.76 bits per heavy atom. The van der Waals surface area contributed by atoms with Crippen molar-refractivity contribution in [2.75, 3.05) is 32.0 Å². The maximum absolute atomic E-state index is 12.9. The second-order valence-corrected chi connectivity index (χ2v) is 9.86. The Hall–Kier alpha value is -2.91. The van der Waals surface area contributed by atoms with Gasteiger partial charge in [0.05, 0.1) is 13.2 Å². The number of rotatable bonds is 1. The zero-order valence-corrected chi connectivity index (χ0v) is 19.6. The van der Waals surface area contributed by atoms with Gasteiger partial charge in [0.15, 0.2) is 11.5 Å². The summed E-state index contributed by atoms with van der Waals surface area (Å²) in [5.41, 5.74) is 12.4. The molecule has 1 fully saturated rings. The van der Waals surface area contributed by atoms with Crippen molar-refractivity contribution in [1.82, 2.24) is 29.7 Å². The van der Waals surface area contributed by atoms with Gasteiger partial charge in [-0.15, -0.1) is 0 Å². The number of aromatic nitrogens is 4. The van der Waals surface area contributed by atoms with Crippen molar-refractivity contribution < 1.29 is 4.74 Å². The molecule has 0 spiro atoms. The van der Waals surface area contributed by atoms with Crippen molar-refractivity contribution >= 4 is 17.0 Å². The number of fused-ring (bicyclic) bond motifs is 5. The van der Waals surface area contributed by atoms with Gasteiger partial charge in [0.25, 0.3) is 0 Å². The molecule has 0 atom stereocenters. The van der Waals surface area contributed by atoms with Crippen molar-refractivity contribution in [3.05, 3.63) is 44.9 Å². The SMILES string of the molecule is Nc1nc2nc3c1[nH]c(=O)n3Cc1cc(c3c(c1)CN(C1CCNCC1)CC3)CCCCCO2. The van der Waals surface area contributed by atoms with Gasteiger partial charge in [-0.05, 0) is 80.3 Å². The predicted octanol–water partition coefficient (Wildman–Crippen LogP) is 1.97. The number of hydrogen-bond donors (Lipinski definition) is 3. The fourth-order valence-corrected chi connectivity index (χ4v) is 5.87. The molecule has 0 amide bonds. The normalized spacial score (nSPS) is 20.1. The topological polar surface area (TPSA) is 114 Å². The van der Waals surface area contributed by atoms with Crippen LogP contribution in [0, 0.1) is 0 Å². The zero-order valence-electron chi connectivity index (χ0n) is 19.6. The van der Waals surface area contributed by atoms with Crippen LogP contribution in [0.15, 0.2) is 16.9 Å². The second-order valence-electron chi connectivity index (χ2n) is 9.86. The highest BCUT2D eigenvalue weighted by Gasteiger charge is 2.27. The lowest BCUT2D eigenvalue weighted by atomic mass is 9.88. The van der Waals surface area contributed by atoms with E-state index in [1.807, 2.05) is 0 Å². The van der Waals surface area contributed by atoms with Gasteiger partial charge in [-0.3, -0.25) is 9.47 Å². The largest absolute Gasteiger partial charge is 0.463 e. The predicted molar refractivity (Wildman–Crippen MR) is 131 cm³/mol. The van der Waals surface area contributed by atoms with Crippen LogP contribution in [0.4, 0.5) is 5.82 Å². The summed E-state index contributed by atoms with van der Waals surface area (Å²) in [5.74, 6) is 0.242. The molecule has 3 aliphatic rings. The Labute approximate surface area is 198 Å². The maximum atomic E-state index is 12.9. The summed E-state index contributed by atoms with van der Waals surface area (Å²) in [6, 6.07) is 5.52. The van der Waals surface area contributed by atoms with Crippen molar-refractivity contribution in [1.29, 1.82) is 0 Å². The first kappa shape index (κ1) is 21.6. The van der Waals surface area contributed by atoms with Crippen LogP contribution in [0.5, 0.6) is 6.01 Å². The quantitative estimate of drug-likeness (QED) is 0.505. The van der Waals surface area contributed by atoms with Gasteiger partial charge in [-0.1, -0.05) is 12.1 Å². The third-order valence-electron chi connectivity index (χ3n) is 7.63. The van der Waals surface area contributed by atoms with E-state index in [0.717, 1.165) is 63.8 Å². The molecule has 0 radical (unpaired) electrons. The van der Waals surface area contributed by atoms with E-state index in [1.54, 1.807) is 4.57 Å². The summed E-state index contributed by atoms with van der Waals surface area (Å²) >= 11 is 0. The maximum Gasteiger partial charge on any atom is 0.328 e. The first-order valence-corrected chi connectivity index (χ1v) is 12.6. The van der Waals surface area contributed by atoms with Gasteiger partial charge in [-0.25, -0.2) is 4.79 Å². The molecule has 180 valence electrons. The van der Waals surface area contributed by atoms with Gasteiger partial charge >= 0.3 is 11.7 Å². The molecule has 5 heterocycles. The van der Waals surface area contributed by atoms with Gasteiger partial charge in [0.1, 0.15) is 5.52 Å². The summed E-state index contributed by atoms with van der Waals surface area (Å²) < 4.78 is 7.43. The summed E-state index contributed by atoms with van der Waals surface area (Å²) in [6.45, 7) is 5.35. The molecular formula is C25H33N7O2. The van der Waals surface area contributed by atoms with E-state index >= 15 is 0 Å². The molecule has 1 aromatic carbocycles. The first-order chi connectivity index (χ1) is 16.7. The molecule has 34 heavy (non-hydrogen) atoms. The molecule has 3 aromatic rings. The minimum absolute atomic E-state index is 0.226. The van der Waals surface area contributed by atoms with E-state index in [2.05, 4.69) is 37.3 Å². The number of nitrogens with zero attached hydrogens (tertiary/aromatic N) is 4. The molecule has 6 rings (SSSR count). The van der Waals surface area contributed by atoms with Gasteiger partial charge in [0, 0.05) is 19.1 Å². The van der Waals surface area contributed by atoms with Crippen LogP contribution in [-0.4, -0.2) is 56.7 Å². The third kappa shape index (κ3) is 4.07. The lowest BCUT2D eigenvalue weighted by molar-refractivity contribution is 0.147. The van der Waals surface area contributed by atoms with Crippen LogP contribution in [-0.2, 0) is 25.9 Å². The van der Waals surface area contributed by atoms with Crippen LogP contribution in [0.3, 0.4) is 0 Å². The van der Waals surface area contributed by atoms with Crippen LogP contribution in [0.25, 0.3) is 11.2 Å². The lowest BCUT2D eigenvalue weighted by Gasteiger charge is -2.38. The molecule has 0 saturated carbocycles. The third-order valence-corrected chi connectivity index (χ3v) is 7.63. The Bertz CT molecular complexity index is 1260. The van der Waals surface area contributed by atoms with Gasteiger partial charge in [0.2, 0.25) is 0 Å². The molecule has 0 unspecified atom stereocenters. The molecule has 4 bridgehead atoms. The van der Waals surface area contributed by atoms with Crippen molar-refractivity contribution in [2.45, 2.75) is 64.1 Å². The molecular weight excluding hydrogens is 430 g/mol. The summed E-state index contributed by atoms with van der Waals surface area (Å²) in [5, 5.41) is 3.49. The van der Waals surface area contributed by atoms with Crippen molar-refractivity contribution in [3.63, 3.8) is 0 Å². The monoisotopic (exact) mass is 463 g/mol. The van der Waals surface area contributed by atoms with E-state index in [-0.39, 0.29) is 17.5 Å². The number of piperidine rings is 1. The second kappa shape index (κ2) is 9.03. The number of hydrogen-bond acceptors (Lipinski definition) is 7. The zero-order chi connectivity index (χ0) is 23.1. The molecule has 9 nitrogen and oxygen atoms in total. The molecule has 2 aromatic heterocycles. The number of benzene rings is 1. The Balaban J connectivity index is 1.40. The lowest BCUT2D eigenvalue weighted by Crippen LogP contribution is -2.45. The van der Waals surface area contributed by atoms with Crippen LogP contribution in [0.1, 0.15) is 54.4 Å². The molecule has 9 heteroatoms. The summed E-state index contributed by atoms with van der Waals surface area (Å²) in [7, 11) is 0. The minimum atomic E-state index is -0.226. The number of H-pyrrole nitrogens is 1. The van der Waals surface area contributed by atoms with Crippen LogP contribution >= 0.6 is 0 Å². The molecule has 1 saturated heterocycles. The number of nitrogens with one attached hydrogen (secondary N) is 2. The van der Waals surface area contributed by atoms with E-state index in [1.165, 1.54) is 29.5 Å². The van der Waals surface area contributed by atoms with Crippen molar-refractivity contribution in [2.24, 2.45) is 0 Å². The summed E-state index contributed by atoms with van der Waals surface area (Å²) in [4.78, 5) is 27.1. The first-order valence-electron chi connectivity index (χ1n) is 12.6. The average Bonchev–Trinajstić information content (AvgIpc) is 3.16. The van der Waals surface area contributed by atoms with E-state index in [9.17, 15) is 4.79 Å².